The van der Waals surface area contributed by atoms with Gasteiger partial charge in [-0.2, -0.15) is 5.10 Å². The maximum absolute atomic E-state index is 12.2. The van der Waals surface area contributed by atoms with Crippen LogP contribution in [-0.4, -0.2) is 54.6 Å². The van der Waals surface area contributed by atoms with Crippen molar-refractivity contribution in [3.8, 4) is 0 Å². The molecule has 1 N–H and O–H groups in total. The molecular weight excluding hydrogens is 388 g/mol. The van der Waals surface area contributed by atoms with Crippen LogP contribution >= 0.6 is 12.4 Å². The molecule has 27 heavy (non-hydrogen) atoms. The van der Waals surface area contributed by atoms with Crippen LogP contribution in [0.2, 0.25) is 0 Å². The van der Waals surface area contributed by atoms with E-state index in [4.69, 9.17) is 0 Å². The molecule has 0 spiro atoms. The monoisotopic (exact) mass is 414 g/mol. The molecule has 3 rings (SSSR count). The van der Waals surface area contributed by atoms with E-state index < -0.39 is 9.84 Å². The van der Waals surface area contributed by atoms with E-state index in [2.05, 4.69) is 20.4 Å². The third-order valence-corrected chi connectivity index (χ3v) is 6.05. The third-order valence-electron chi connectivity index (χ3n) is 4.94. The highest BCUT2D eigenvalue weighted by molar-refractivity contribution is 7.90. The fraction of sp³-hybridized carbons (Fsp3) is 0.588. The molecule has 1 saturated heterocycles. The average Bonchev–Trinajstić information content (AvgIpc) is 2.93. The maximum Gasteiger partial charge on any atom is 0.225 e. The van der Waals surface area contributed by atoms with Gasteiger partial charge in [-0.1, -0.05) is 0 Å². The van der Waals surface area contributed by atoms with Gasteiger partial charge in [0.2, 0.25) is 5.95 Å². The van der Waals surface area contributed by atoms with Gasteiger partial charge < -0.3 is 10.2 Å². The van der Waals surface area contributed by atoms with E-state index in [9.17, 15) is 8.42 Å². The van der Waals surface area contributed by atoms with Crippen LogP contribution in [0.4, 0.5) is 5.95 Å². The van der Waals surface area contributed by atoms with E-state index in [1.807, 2.05) is 36.8 Å². The van der Waals surface area contributed by atoms with Gasteiger partial charge >= 0.3 is 0 Å². The number of rotatable bonds is 5. The molecule has 1 atom stereocenters. The number of hydrogen-bond acceptors (Lipinski definition) is 7. The minimum atomic E-state index is -3.37. The van der Waals surface area contributed by atoms with Crippen LogP contribution in [0.3, 0.4) is 0 Å². The fourth-order valence-corrected chi connectivity index (χ4v) is 4.08. The zero-order valence-corrected chi connectivity index (χ0v) is 17.8. The molecule has 0 bridgehead atoms. The summed E-state index contributed by atoms with van der Waals surface area (Å²) >= 11 is 0. The lowest BCUT2D eigenvalue weighted by Gasteiger charge is -2.25. The summed E-state index contributed by atoms with van der Waals surface area (Å²) in [4.78, 5) is 11.1. The number of nitrogens with one attached hydrogen (secondary N) is 1. The first-order valence-corrected chi connectivity index (χ1v) is 10.6. The molecule has 0 radical (unpaired) electrons. The van der Waals surface area contributed by atoms with Crippen LogP contribution in [0.1, 0.15) is 35.7 Å². The lowest BCUT2D eigenvalue weighted by Crippen LogP contribution is -2.30. The van der Waals surface area contributed by atoms with E-state index >= 15 is 0 Å². The van der Waals surface area contributed by atoms with Crippen molar-refractivity contribution in [2.45, 2.75) is 37.1 Å². The van der Waals surface area contributed by atoms with E-state index in [1.165, 1.54) is 12.5 Å². The van der Waals surface area contributed by atoms with E-state index in [1.54, 1.807) is 0 Å². The Morgan fingerprint density at radius 1 is 1.37 bits per heavy atom. The summed E-state index contributed by atoms with van der Waals surface area (Å²) in [7, 11) is 0.443. The van der Waals surface area contributed by atoms with Crippen molar-refractivity contribution in [2.75, 3.05) is 31.3 Å². The van der Waals surface area contributed by atoms with Crippen molar-refractivity contribution in [1.82, 2.24) is 25.1 Å². The van der Waals surface area contributed by atoms with Gasteiger partial charge in [0.1, 0.15) is 4.90 Å². The van der Waals surface area contributed by atoms with Gasteiger partial charge in [-0.3, -0.25) is 4.68 Å². The summed E-state index contributed by atoms with van der Waals surface area (Å²) in [5.74, 6) is 0.616. The third kappa shape index (κ3) is 4.77. The number of anilines is 1. The quantitative estimate of drug-likeness (QED) is 0.791. The van der Waals surface area contributed by atoms with Gasteiger partial charge in [-0.05, 0) is 26.3 Å². The summed E-state index contributed by atoms with van der Waals surface area (Å²) in [5, 5.41) is 7.59. The molecule has 0 aliphatic carbocycles. The molecule has 1 fully saturated rings. The molecule has 1 aliphatic heterocycles. The molecular formula is C17H27ClN6O2S. The Balaban J connectivity index is 0.00000261. The van der Waals surface area contributed by atoms with Crippen LogP contribution in [0.15, 0.2) is 17.3 Å². The molecule has 8 nitrogen and oxygen atoms in total. The first-order chi connectivity index (χ1) is 12.3. The Morgan fingerprint density at radius 2 is 2.11 bits per heavy atom. The van der Waals surface area contributed by atoms with Gasteiger partial charge in [0, 0.05) is 50.6 Å². The van der Waals surface area contributed by atoms with E-state index in [0.29, 0.717) is 18.2 Å². The van der Waals surface area contributed by atoms with Crippen LogP contribution in [0.5, 0.6) is 0 Å². The number of halogens is 1. The largest absolute Gasteiger partial charge is 0.339 e. The highest BCUT2D eigenvalue weighted by Crippen LogP contribution is 2.28. The van der Waals surface area contributed by atoms with Crippen molar-refractivity contribution in [1.29, 1.82) is 0 Å². The summed E-state index contributed by atoms with van der Waals surface area (Å²) in [5.41, 5.74) is 2.80. The van der Waals surface area contributed by atoms with Crippen LogP contribution < -0.4 is 10.2 Å². The standard InChI is InChI=1S/C17H26N6O2S.ClH/c1-12-14(9-20-23(12)3)11-22(2)17-19-10-15(26(4,24)25)16(21-17)13-6-5-7-18-8-13;/h9-10,13,18H,5-8,11H2,1-4H3;1H. The predicted molar refractivity (Wildman–Crippen MR) is 107 cm³/mol. The lowest BCUT2D eigenvalue weighted by molar-refractivity contribution is 0.447. The van der Waals surface area contributed by atoms with Crippen molar-refractivity contribution in [2.24, 2.45) is 7.05 Å². The Labute approximate surface area is 166 Å². The SMILES string of the molecule is Cc1c(CN(C)c2ncc(S(C)(=O)=O)c(C3CCCNC3)n2)cnn1C.Cl. The number of nitrogens with zero attached hydrogens (tertiary/aromatic N) is 5. The summed E-state index contributed by atoms with van der Waals surface area (Å²) in [6.45, 7) is 4.33. The topological polar surface area (TPSA) is 93.0 Å². The Kier molecular flexibility index (Phi) is 6.82. The Hall–Kier alpha value is -1.71. The number of aryl methyl sites for hydroxylation is 1. The first kappa shape index (κ1) is 21.6. The molecule has 1 aliphatic rings. The van der Waals surface area contributed by atoms with Gasteiger partial charge in [0.05, 0.1) is 18.1 Å². The molecule has 2 aromatic rings. The summed E-state index contributed by atoms with van der Waals surface area (Å²) < 4.78 is 26.2. The molecule has 1 unspecified atom stereocenters. The normalized spacial score (nSPS) is 17.4. The minimum absolute atomic E-state index is 0. The van der Waals surface area contributed by atoms with Gasteiger partial charge in [-0.25, -0.2) is 18.4 Å². The molecule has 0 aromatic carbocycles. The molecule has 2 aromatic heterocycles. The smallest absolute Gasteiger partial charge is 0.225 e. The molecule has 3 heterocycles. The van der Waals surface area contributed by atoms with Crippen molar-refractivity contribution in [3.05, 3.63) is 29.3 Å². The zero-order valence-electron chi connectivity index (χ0n) is 16.1. The minimum Gasteiger partial charge on any atom is -0.339 e. The van der Waals surface area contributed by atoms with Crippen molar-refractivity contribution in [3.63, 3.8) is 0 Å². The first-order valence-electron chi connectivity index (χ1n) is 8.73. The second-order valence-corrected chi connectivity index (χ2v) is 8.95. The Bertz CT molecular complexity index is 893. The van der Waals surface area contributed by atoms with Crippen LogP contribution in [-0.2, 0) is 23.4 Å². The zero-order chi connectivity index (χ0) is 18.9. The second-order valence-electron chi connectivity index (χ2n) is 6.97. The van der Waals surface area contributed by atoms with Crippen LogP contribution in [0, 0.1) is 6.92 Å². The van der Waals surface area contributed by atoms with E-state index in [0.717, 1.165) is 37.2 Å². The average molecular weight is 415 g/mol. The van der Waals surface area contributed by atoms with Crippen molar-refractivity contribution < 1.29 is 8.42 Å². The second kappa shape index (κ2) is 8.53. The number of hydrogen-bond donors (Lipinski definition) is 1. The predicted octanol–water partition coefficient (Wildman–Crippen LogP) is 1.45. The number of aromatic nitrogens is 4. The van der Waals surface area contributed by atoms with Gasteiger partial charge in [-0.15, -0.1) is 12.4 Å². The molecule has 150 valence electrons. The summed E-state index contributed by atoms with van der Waals surface area (Å²) in [6, 6.07) is 0. The maximum atomic E-state index is 12.2. The molecule has 0 amide bonds. The van der Waals surface area contributed by atoms with Crippen molar-refractivity contribution >= 4 is 28.2 Å². The number of piperidine rings is 1. The van der Waals surface area contributed by atoms with Gasteiger partial charge in [0.15, 0.2) is 9.84 Å². The highest BCUT2D eigenvalue weighted by atomic mass is 35.5. The van der Waals surface area contributed by atoms with Gasteiger partial charge in [0.25, 0.3) is 0 Å². The number of sulfone groups is 1. The lowest BCUT2D eigenvalue weighted by atomic mass is 9.96. The summed E-state index contributed by atoms with van der Waals surface area (Å²) in [6.07, 6.45) is 6.44. The van der Waals surface area contributed by atoms with Crippen LogP contribution in [0.25, 0.3) is 0 Å². The fourth-order valence-electron chi connectivity index (χ4n) is 3.25. The molecule has 0 saturated carbocycles. The van der Waals surface area contributed by atoms with E-state index in [-0.39, 0.29) is 23.2 Å². The molecule has 10 heteroatoms. The highest BCUT2D eigenvalue weighted by Gasteiger charge is 2.26. The Morgan fingerprint density at radius 3 is 2.67 bits per heavy atom.